The van der Waals surface area contributed by atoms with Crippen molar-refractivity contribution in [2.45, 2.75) is 20.4 Å². The number of rotatable bonds is 4. The minimum absolute atomic E-state index is 0.0868. The quantitative estimate of drug-likeness (QED) is 0.607. The Morgan fingerprint density at radius 1 is 1.22 bits per heavy atom. The lowest BCUT2D eigenvalue weighted by Gasteiger charge is -2.06. The molecule has 1 N–H and O–H groups in total. The van der Waals surface area contributed by atoms with Gasteiger partial charge in [0.05, 0.1) is 17.6 Å². The van der Waals surface area contributed by atoms with Crippen molar-refractivity contribution in [2.24, 2.45) is 7.05 Å². The standard InChI is InChI=1S/C20H20N6O/c1-13-5-4-6-15(9-13)17-7-8-21-20-19(17)14(2)24-26(20)12-18(27)23-16-10-22-25(3)11-16/h4-11H,12H2,1-3H3,(H,23,27). The largest absolute Gasteiger partial charge is 0.322 e. The van der Waals surface area contributed by atoms with E-state index < -0.39 is 0 Å². The summed E-state index contributed by atoms with van der Waals surface area (Å²) in [6, 6.07) is 10.3. The van der Waals surface area contributed by atoms with Crippen molar-refractivity contribution >= 4 is 22.6 Å². The molecule has 3 aromatic heterocycles. The van der Waals surface area contributed by atoms with Crippen LogP contribution in [-0.2, 0) is 18.4 Å². The maximum atomic E-state index is 12.4. The van der Waals surface area contributed by atoms with Gasteiger partial charge in [0.25, 0.3) is 0 Å². The van der Waals surface area contributed by atoms with Crippen LogP contribution < -0.4 is 5.32 Å². The monoisotopic (exact) mass is 360 g/mol. The zero-order valence-corrected chi connectivity index (χ0v) is 15.5. The van der Waals surface area contributed by atoms with Crippen LogP contribution in [0.3, 0.4) is 0 Å². The number of pyridine rings is 1. The second kappa shape index (κ2) is 6.68. The minimum atomic E-state index is -0.171. The number of hydrogen-bond donors (Lipinski definition) is 1. The molecule has 7 heteroatoms. The maximum absolute atomic E-state index is 12.4. The lowest BCUT2D eigenvalue weighted by Crippen LogP contribution is -2.19. The molecule has 0 aliphatic heterocycles. The summed E-state index contributed by atoms with van der Waals surface area (Å²) in [5.74, 6) is -0.171. The smallest absolute Gasteiger partial charge is 0.246 e. The highest BCUT2D eigenvalue weighted by Gasteiger charge is 2.16. The summed E-state index contributed by atoms with van der Waals surface area (Å²) >= 11 is 0. The highest BCUT2D eigenvalue weighted by Crippen LogP contribution is 2.30. The fourth-order valence-electron chi connectivity index (χ4n) is 3.27. The Hall–Kier alpha value is -3.48. The molecule has 1 aromatic carbocycles. The van der Waals surface area contributed by atoms with Crippen molar-refractivity contribution in [3.63, 3.8) is 0 Å². The van der Waals surface area contributed by atoms with Gasteiger partial charge in [0, 0.05) is 24.8 Å². The third-order valence-electron chi connectivity index (χ3n) is 4.42. The average molecular weight is 360 g/mol. The normalized spacial score (nSPS) is 11.1. The van der Waals surface area contributed by atoms with Crippen molar-refractivity contribution in [3.8, 4) is 11.1 Å². The van der Waals surface area contributed by atoms with Gasteiger partial charge in [-0.05, 0) is 31.0 Å². The molecule has 3 heterocycles. The number of nitrogens with one attached hydrogen (secondary N) is 1. The Balaban J connectivity index is 1.69. The van der Waals surface area contributed by atoms with E-state index >= 15 is 0 Å². The lowest BCUT2D eigenvalue weighted by atomic mass is 10.0. The Bertz CT molecular complexity index is 1140. The molecule has 27 heavy (non-hydrogen) atoms. The highest BCUT2D eigenvalue weighted by atomic mass is 16.2. The van der Waals surface area contributed by atoms with Crippen LogP contribution in [0.1, 0.15) is 11.3 Å². The van der Waals surface area contributed by atoms with E-state index in [1.165, 1.54) is 5.56 Å². The Kier molecular flexibility index (Phi) is 4.19. The molecule has 1 amide bonds. The van der Waals surface area contributed by atoms with Crippen molar-refractivity contribution in [1.29, 1.82) is 0 Å². The fourth-order valence-corrected chi connectivity index (χ4v) is 3.27. The van der Waals surface area contributed by atoms with Gasteiger partial charge in [0.15, 0.2) is 5.65 Å². The molecular formula is C20H20N6O. The first-order valence-electron chi connectivity index (χ1n) is 8.69. The van der Waals surface area contributed by atoms with Gasteiger partial charge >= 0.3 is 0 Å². The topological polar surface area (TPSA) is 77.6 Å². The van der Waals surface area contributed by atoms with Crippen molar-refractivity contribution in [3.05, 3.63) is 60.2 Å². The number of benzene rings is 1. The highest BCUT2D eigenvalue weighted by molar-refractivity contribution is 5.96. The lowest BCUT2D eigenvalue weighted by molar-refractivity contribution is -0.116. The zero-order chi connectivity index (χ0) is 19.0. The molecule has 7 nitrogen and oxygen atoms in total. The molecule has 0 saturated carbocycles. The summed E-state index contributed by atoms with van der Waals surface area (Å²) in [6.07, 6.45) is 5.12. The second-order valence-corrected chi connectivity index (χ2v) is 6.62. The first-order chi connectivity index (χ1) is 13.0. The Labute approximate surface area is 156 Å². The number of hydrogen-bond acceptors (Lipinski definition) is 4. The van der Waals surface area contributed by atoms with E-state index in [-0.39, 0.29) is 12.5 Å². The summed E-state index contributed by atoms with van der Waals surface area (Å²) in [5.41, 5.74) is 5.59. The molecule has 136 valence electrons. The molecule has 0 unspecified atom stereocenters. The zero-order valence-electron chi connectivity index (χ0n) is 15.5. The van der Waals surface area contributed by atoms with E-state index in [0.29, 0.717) is 11.3 Å². The molecule has 0 atom stereocenters. The van der Waals surface area contributed by atoms with Crippen LogP contribution in [0.25, 0.3) is 22.2 Å². The summed E-state index contributed by atoms with van der Waals surface area (Å²) < 4.78 is 3.29. The van der Waals surface area contributed by atoms with Gasteiger partial charge < -0.3 is 5.32 Å². The Morgan fingerprint density at radius 2 is 2.07 bits per heavy atom. The number of aromatic nitrogens is 5. The summed E-state index contributed by atoms with van der Waals surface area (Å²) in [5, 5.41) is 12.4. The van der Waals surface area contributed by atoms with Crippen LogP contribution in [0.15, 0.2) is 48.9 Å². The van der Waals surface area contributed by atoms with E-state index in [1.807, 2.05) is 19.1 Å². The van der Waals surface area contributed by atoms with E-state index in [2.05, 4.69) is 45.6 Å². The van der Waals surface area contributed by atoms with Gasteiger partial charge in [0.2, 0.25) is 5.91 Å². The van der Waals surface area contributed by atoms with Crippen molar-refractivity contribution in [1.82, 2.24) is 24.5 Å². The van der Waals surface area contributed by atoms with Crippen LogP contribution >= 0.6 is 0 Å². The molecular weight excluding hydrogens is 340 g/mol. The minimum Gasteiger partial charge on any atom is -0.322 e. The number of carbonyl (C=O) groups is 1. The van der Waals surface area contributed by atoms with Gasteiger partial charge in [-0.15, -0.1) is 0 Å². The number of anilines is 1. The van der Waals surface area contributed by atoms with Crippen LogP contribution in [0.5, 0.6) is 0 Å². The number of amides is 1. The SMILES string of the molecule is Cc1cccc(-c2ccnc3c2c(C)nn3CC(=O)Nc2cnn(C)c2)c1. The molecule has 0 fully saturated rings. The molecule has 4 aromatic rings. The van der Waals surface area contributed by atoms with Crippen LogP contribution in [0, 0.1) is 13.8 Å². The van der Waals surface area contributed by atoms with Crippen LogP contribution in [-0.4, -0.2) is 30.5 Å². The molecule has 0 radical (unpaired) electrons. The van der Waals surface area contributed by atoms with Gasteiger partial charge in [-0.3, -0.25) is 9.48 Å². The predicted octanol–water partition coefficient (Wildman–Crippen LogP) is 3.09. The van der Waals surface area contributed by atoms with Crippen LogP contribution in [0.4, 0.5) is 5.69 Å². The van der Waals surface area contributed by atoms with Crippen molar-refractivity contribution < 1.29 is 4.79 Å². The number of aryl methyl sites for hydroxylation is 3. The number of nitrogens with zero attached hydrogens (tertiary/aromatic N) is 5. The number of carbonyl (C=O) groups excluding carboxylic acids is 1. The second-order valence-electron chi connectivity index (χ2n) is 6.62. The summed E-state index contributed by atoms with van der Waals surface area (Å²) in [4.78, 5) is 16.9. The molecule has 0 aliphatic rings. The first-order valence-corrected chi connectivity index (χ1v) is 8.69. The first kappa shape index (κ1) is 17.0. The molecule has 0 aliphatic carbocycles. The number of fused-ring (bicyclic) bond motifs is 1. The third kappa shape index (κ3) is 3.31. The van der Waals surface area contributed by atoms with Crippen LogP contribution in [0.2, 0.25) is 0 Å². The summed E-state index contributed by atoms with van der Waals surface area (Å²) in [7, 11) is 1.80. The van der Waals surface area contributed by atoms with Gasteiger partial charge in [0.1, 0.15) is 6.54 Å². The van der Waals surface area contributed by atoms with Gasteiger partial charge in [-0.1, -0.05) is 29.8 Å². The van der Waals surface area contributed by atoms with E-state index in [0.717, 1.165) is 22.2 Å². The average Bonchev–Trinajstić information content (AvgIpc) is 3.18. The predicted molar refractivity (Wildman–Crippen MR) is 104 cm³/mol. The molecule has 0 spiro atoms. The van der Waals surface area contributed by atoms with Gasteiger partial charge in [-0.2, -0.15) is 10.2 Å². The maximum Gasteiger partial charge on any atom is 0.246 e. The molecule has 0 saturated heterocycles. The van der Waals surface area contributed by atoms with E-state index in [1.54, 1.807) is 35.0 Å². The van der Waals surface area contributed by atoms with Gasteiger partial charge in [-0.25, -0.2) is 9.67 Å². The van der Waals surface area contributed by atoms with Crippen molar-refractivity contribution in [2.75, 3.05) is 5.32 Å². The summed E-state index contributed by atoms with van der Waals surface area (Å²) in [6.45, 7) is 4.10. The third-order valence-corrected chi connectivity index (χ3v) is 4.42. The van der Waals surface area contributed by atoms with E-state index in [4.69, 9.17) is 0 Å². The fraction of sp³-hybridized carbons (Fsp3) is 0.200. The Morgan fingerprint density at radius 3 is 2.81 bits per heavy atom. The molecule has 4 rings (SSSR count). The molecule has 0 bridgehead atoms. The van der Waals surface area contributed by atoms with E-state index in [9.17, 15) is 4.79 Å².